The van der Waals surface area contributed by atoms with Crippen LogP contribution in [0.5, 0.6) is 0 Å². The Balaban J connectivity index is 1.61. The second-order valence-electron chi connectivity index (χ2n) is 7.64. The fourth-order valence-corrected chi connectivity index (χ4v) is 4.54. The largest absolute Gasteiger partial charge is 0.300 e. The highest BCUT2D eigenvalue weighted by Gasteiger charge is 2.33. The van der Waals surface area contributed by atoms with Gasteiger partial charge in [-0.2, -0.15) is 0 Å². The number of piperidine rings is 1. The van der Waals surface area contributed by atoms with E-state index >= 15 is 0 Å². The first kappa shape index (κ1) is 18.6. The van der Waals surface area contributed by atoms with Crippen molar-refractivity contribution in [2.75, 3.05) is 13.1 Å². The van der Waals surface area contributed by atoms with Gasteiger partial charge in [-0.1, -0.05) is 42.5 Å². The molecule has 28 heavy (non-hydrogen) atoms. The molecule has 2 aliphatic rings. The Morgan fingerprint density at radius 3 is 2.57 bits per heavy atom. The number of carbonyl (C=O) groups excluding carboxylic acids is 1. The molecule has 0 aromatic heterocycles. The topological polar surface area (TPSA) is 63.5 Å². The van der Waals surface area contributed by atoms with Gasteiger partial charge in [-0.05, 0) is 62.4 Å². The Morgan fingerprint density at radius 1 is 1.07 bits per heavy atom. The van der Waals surface area contributed by atoms with Gasteiger partial charge >= 0.3 is 0 Å². The van der Waals surface area contributed by atoms with Gasteiger partial charge in [-0.15, -0.1) is 0 Å². The van der Waals surface area contributed by atoms with E-state index in [1.165, 1.54) is 44.8 Å². The van der Waals surface area contributed by atoms with Crippen LogP contribution in [-0.4, -0.2) is 34.7 Å². The third-order valence-corrected chi connectivity index (χ3v) is 5.93. The molecule has 2 heterocycles. The Morgan fingerprint density at radius 2 is 1.82 bits per heavy atom. The van der Waals surface area contributed by atoms with Crippen LogP contribution in [0.2, 0.25) is 0 Å². The number of benzene rings is 2. The van der Waals surface area contributed by atoms with Gasteiger partial charge in [0, 0.05) is 17.7 Å². The van der Waals surface area contributed by atoms with Crippen molar-refractivity contribution in [1.82, 2.24) is 4.90 Å². The molecular formula is C23H24N2O3. The minimum atomic E-state index is -0.485. The smallest absolute Gasteiger partial charge is 0.280 e. The number of nitro groups is 1. The van der Waals surface area contributed by atoms with E-state index in [1.54, 1.807) is 36.4 Å². The van der Waals surface area contributed by atoms with Crippen molar-refractivity contribution in [1.29, 1.82) is 0 Å². The van der Waals surface area contributed by atoms with E-state index in [9.17, 15) is 14.9 Å². The molecule has 2 aromatic rings. The third-order valence-electron chi connectivity index (χ3n) is 5.93. The van der Waals surface area contributed by atoms with Crippen LogP contribution in [0.15, 0.2) is 54.6 Å². The van der Waals surface area contributed by atoms with Crippen LogP contribution < -0.4 is 0 Å². The lowest BCUT2D eigenvalue weighted by Crippen LogP contribution is -2.39. The number of nitrogens with zero attached hydrogens (tertiary/aromatic N) is 2. The summed E-state index contributed by atoms with van der Waals surface area (Å²) in [6.07, 6.45) is 9.16. The second-order valence-corrected chi connectivity index (χ2v) is 7.64. The molecule has 4 rings (SSSR count). The van der Waals surface area contributed by atoms with Crippen LogP contribution in [0, 0.1) is 16.0 Å². The minimum Gasteiger partial charge on any atom is -0.300 e. The fourth-order valence-electron chi connectivity index (χ4n) is 4.54. The summed E-state index contributed by atoms with van der Waals surface area (Å²) in [4.78, 5) is 26.4. The maximum absolute atomic E-state index is 12.8. The number of hydrogen-bond donors (Lipinski definition) is 0. The zero-order chi connectivity index (χ0) is 19.5. The summed E-state index contributed by atoms with van der Waals surface area (Å²) >= 11 is 0. The molecule has 2 atom stereocenters. The van der Waals surface area contributed by atoms with Crippen LogP contribution >= 0.6 is 0 Å². The van der Waals surface area contributed by atoms with Gasteiger partial charge in [0.1, 0.15) is 5.56 Å². The highest BCUT2D eigenvalue weighted by atomic mass is 16.6. The molecule has 0 saturated carbocycles. The summed E-state index contributed by atoms with van der Waals surface area (Å²) in [5.74, 6) is 0.196. The summed E-state index contributed by atoms with van der Waals surface area (Å²) in [7, 11) is 0. The fraction of sp³-hybridized carbons (Fsp3) is 0.348. The molecule has 0 amide bonds. The van der Waals surface area contributed by atoms with Crippen LogP contribution in [0.3, 0.4) is 0 Å². The van der Waals surface area contributed by atoms with E-state index in [0.29, 0.717) is 17.5 Å². The molecule has 2 unspecified atom stereocenters. The zero-order valence-corrected chi connectivity index (χ0v) is 15.8. The van der Waals surface area contributed by atoms with Gasteiger partial charge < -0.3 is 0 Å². The lowest BCUT2D eigenvalue weighted by Gasteiger charge is -2.35. The van der Waals surface area contributed by atoms with Gasteiger partial charge in [0.25, 0.3) is 5.69 Å². The number of hydrogen-bond acceptors (Lipinski definition) is 4. The summed E-state index contributed by atoms with van der Waals surface area (Å²) in [6.45, 7) is 2.39. The predicted octanol–water partition coefficient (Wildman–Crippen LogP) is 4.71. The normalized spacial score (nSPS) is 22.3. The molecule has 0 spiro atoms. The Bertz CT molecular complexity index is 907. The van der Waals surface area contributed by atoms with E-state index < -0.39 is 4.92 Å². The highest BCUT2D eigenvalue weighted by molar-refractivity contribution is 6.11. The molecule has 5 heteroatoms. The van der Waals surface area contributed by atoms with E-state index in [0.717, 1.165) is 5.56 Å². The van der Waals surface area contributed by atoms with Crippen molar-refractivity contribution in [3.05, 3.63) is 81.4 Å². The number of fused-ring (bicyclic) bond motifs is 1. The van der Waals surface area contributed by atoms with Crippen molar-refractivity contribution >= 4 is 17.5 Å². The van der Waals surface area contributed by atoms with Gasteiger partial charge in [-0.25, -0.2) is 0 Å². The average Bonchev–Trinajstić information content (AvgIpc) is 3.21. The van der Waals surface area contributed by atoms with Crippen LogP contribution in [0.25, 0.3) is 6.08 Å². The van der Waals surface area contributed by atoms with Crippen LogP contribution in [0.1, 0.15) is 47.2 Å². The number of nitro benzene ring substituents is 1. The lowest BCUT2D eigenvalue weighted by molar-refractivity contribution is -0.385. The van der Waals surface area contributed by atoms with E-state index in [2.05, 4.69) is 11.0 Å². The molecule has 2 aromatic carbocycles. The number of carbonyl (C=O) groups is 1. The number of ketones is 1. The lowest BCUT2D eigenvalue weighted by atomic mass is 9.88. The summed E-state index contributed by atoms with van der Waals surface area (Å²) in [6, 6.07) is 14.2. The monoisotopic (exact) mass is 376 g/mol. The number of rotatable bonds is 5. The Labute approximate surface area is 164 Å². The zero-order valence-electron chi connectivity index (χ0n) is 15.8. The second kappa shape index (κ2) is 8.07. The summed E-state index contributed by atoms with van der Waals surface area (Å²) < 4.78 is 0. The molecule has 0 N–H and O–H groups in total. The maximum atomic E-state index is 12.8. The Hall–Kier alpha value is -2.79. The van der Waals surface area contributed by atoms with Crippen molar-refractivity contribution in [2.24, 2.45) is 5.92 Å². The highest BCUT2D eigenvalue weighted by Crippen LogP contribution is 2.33. The van der Waals surface area contributed by atoms with Gasteiger partial charge in [0.15, 0.2) is 5.78 Å². The first-order valence-corrected chi connectivity index (χ1v) is 9.94. The first-order chi connectivity index (χ1) is 13.6. The standard InChI is InChI=1S/C23H24N2O3/c26-23(19-6-2-1-3-7-19)20-16-17(11-13-22(20)25(27)28)10-12-18-8-4-14-24-15-5-9-21(18)24/h1-3,6-7,10-13,16,18,21H,4-5,8-9,14-15H2. The van der Waals surface area contributed by atoms with Gasteiger partial charge in [0.05, 0.1) is 4.92 Å². The van der Waals surface area contributed by atoms with E-state index in [-0.39, 0.29) is 17.0 Å². The molecule has 0 bridgehead atoms. The quantitative estimate of drug-likeness (QED) is 0.430. The molecule has 0 radical (unpaired) electrons. The molecule has 5 nitrogen and oxygen atoms in total. The molecule has 0 aliphatic carbocycles. The predicted molar refractivity (Wildman–Crippen MR) is 109 cm³/mol. The van der Waals surface area contributed by atoms with Crippen molar-refractivity contribution in [2.45, 2.75) is 31.7 Å². The average molecular weight is 376 g/mol. The SMILES string of the molecule is O=C(c1ccccc1)c1cc(C=CC2CCCN3CCCC23)ccc1[N+](=O)[O-]. The van der Waals surface area contributed by atoms with Crippen LogP contribution in [0.4, 0.5) is 5.69 Å². The maximum Gasteiger partial charge on any atom is 0.280 e. The summed E-state index contributed by atoms with van der Waals surface area (Å²) in [5.41, 5.74) is 1.29. The first-order valence-electron chi connectivity index (χ1n) is 9.94. The van der Waals surface area contributed by atoms with Crippen LogP contribution in [-0.2, 0) is 0 Å². The third kappa shape index (κ3) is 3.76. The minimum absolute atomic E-state index is 0.143. The molecule has 144 valence electrons. The van der Waals surface area contributed by atoms with Gasteiger partial charge in [0.2, 0.25) is 0 Å². The van der Waals surface area contributed by atoms with Crippen molar-refractivity contribution in [3.63, 3.8) is 0 Å². The van der Waals surface area contributed by atoms with Gasteiger partial charge in [-0.3, -0.25) is 19.8 Å². The van der Waals surface area contributed by atoms with Crippen molar-refractivity contribution in [3.8, 4) is 0 Å². The van der Waals surface area contributed by atoms with E-state index in [1.807, 2.05) is 12.1 Å². The summed E-state index contributed by atoms with van der Waals surface area (Å²) in [5, 5.41) is 11.4. The molecular weight excluding hydrogens is 352 g/mol. The van der Waals surface area contributed by atoms with E-state index in [4.69, 9.17) is 0 Å². The molecule has 2 fully saturated rings. The van der Waals surface area contributed by atoms with Crippen molar-refractivity contribution < 1.29 is 9.72 Å². The molecule has 2 aliphatic heterocycles. The molecule has 2 saturated heterocycles. The Kier molecular flexibility index (Phi) is 5.35.